The fourth-order valence-corrected chi connectivity index (χ4v) is 3.89. The summed E-state index contributed by atoms with van der Waals surface area (Å²) in [5.41, 5.74) is 8.72. The molecule has 0 bridgehead atoms. The third kappa shape index (κ3) is 3.65. The van der Waals surface area contributed by atoms with Gasteiger partial charge in [-0.3, -0.25) is 4.79 Å². The summed E-state index contributed by atoms with van der Waals surface area (Å²) in [6.45, 7) is 0.523. The molecule has 3 N–H and O–H groups in total. The van der Waals surface area contributed by atoms with Gasteiger partial charge in [0.15, 0.2) is 0 Å². The van der Waals surface area contributed by atoms with E-state index in [9.17, 15) is 4.79 Å². The highest BCUT2D eigenvalue weighted by Crippen LogP contribution is 2.29. The van der Waals surface area contributed by atoms with Gasteiger partial charge in [0.1, 0.15) is 6.04 Å². The summed E-state index contributed by atoms with van der Waals surface area (Å²) in [6, 6.07) is 22.5. The minimum atomic E-state index is -0.244. The molecular formula is C21H20BrN3O. The fourth-order valence-electron chi connectivity index (χ4n) is 3.45. The molecule has 2 atom stereocenters. The van der Waals surface area contributed by atoms with Crippen LogP contribution in [0.25, 0.3) is 10.8 Å². The average molecular weight is 410 g/mol. The topological polar surface area (TPSA) is 53.2 Å². The Morgan fingerprint density at radius 1 is 1.04 bits per heavy atom. The summed E-state index contributed by atoms with van der Waals surface area (Å²) < 4.78 is 1.01. The van der Waals surface area contributed by atoms with E-state index in [2.05, 4.69) is 68.5 Å². The summed E-state index contributed by atoms with van der Waals surface area (Å²) in [6.07, 6.45) is 0.721. The van der Waals surface area contributed by atoms with E-state index < -0.39 is 0 Å². The molecule has 4 nitrogen and oxygen atoms in total. The zero-order valence-corrected chi connectivity index (χ0v) is 15.8. The van der Waals surface area contributed by atoms with Crippen molar-refractivity contribution in [2.75, 3.05) is 0 Å². The quantitative estimate of drug-likeness (QED) is 0.613. The van der Waals surface area contributed by atoms with Gasteiger partial charge in [-0.2, -0.15) is 0 Å². The summed E-state index contributed by atoms with van der Waals surface area (Å²) >= 11 is 3.45. The summed E-state index contributed by atoms with van der Waals surface area (Å²) in [5.74, 6) is 0.0141. The molecule has 132 valence electrons. The molecule has 0 aliphatic carbocycles. The maximum atomic E-state index is 12.5. The first kappa shape index (κ1) is 17.2. The van der Waals surface area contributed by atoms with Crippen molar-refractivity contribution < 1.29 is 4.79 Å². The number of rotatable bonds is 4. The first-order valence-corrected chi connectivity index (χ1v) is 9.51. The van der Waals surface area contributed by atoms with Gasteiger partial charge < -0.3 is 5.32 Å². The number of hydrazine groups is 1. The summed E-state index contributed by atoms with van der Waals surface area (Å²) in [5, 5.41) is 5.46. The second-order valence-electron chi connectivity index (χ2n) is 6.55. The number of fused-ring (bicyclic) bond motifs is 1. The van der Waals surface area contributed by atoms with Crippen LogP contribution in [0.4, 0.5) is 0 Å². The number of amides is 1. The Kier molecular flexibility index (Phi) is 5.02. The van der Waals surface area contributed by atoms with Gasteiger partial charge in [-0.05, 0) is 40.5 Å². The minimum Gasteiger partial charge on any atom is -0.351 e. The van der Waals surface area contributed by atoms with E-state index in [0.717, 1.165) is 16.5 Å². The standard InChI is InChI=1S/C21H20BrN3O/c22-16-8-3-5-14(11-16)13-23-21(26)20-12-19(24-25-20)18-10-4-7-15-6-1-2-9-17(15)18/h1-11,19-20,24-25H,12-13H2,(H,23,26). The number of nitrogens with one attached hydrogen (secondary N) is 3. The fraction of sp³-hybridized carbons (Fsp3) is 0.190. The van der Waals surface area contributed by atoms with Crippen LogP contribution in [0, 0.1) is 0 Å². The molecule has 3 aromatic rings. The van der Waals surface area contributed by atoms with E-state index in [0.29, 0.717) is 6.54 Å². The van der Waals surface area contributed by atoms with Crippen LogP contribution in [0.3, 0.4) is 0 Å². The number of benzene rings is 3. The number of halogens is 1. The van der Waals surface area contributed by atoms with Crippen molar-refractivity contribution >= 4 is 32.6 Å². The second-order valence-corrected chi connectivity index (χ2v) is 7.46. The Bertz CT molecular complexity index is 938. The molecular weight excluding hydrogens is 390 g/mol. The Morgan fingerprint density at radius 2 is 1.85 bits per heavy atom. The van der Waals surface area contributed by atoms with E-state index in [1.165, 1.54) is 16.3 Å². The van der Waals surface area contributed by atoms with Crippen LogP contribution in [-0.4, -0.2) is 11.9 Å². The first-order valence-electron chi connectivity index (χ1n) is 8.71. The van der Waals surface area contributed by atoms with Crippen LogP contribution in [0.5, 0.6) is 0 Å². The second kappa shape index (κ2) is 7.58. The lowest BCUT2D eigenvalue weighted by atomic mass is 9.96. The predicted molar refractivity (Wildman–Crippen MR) is 107 cm³/mol. The Hall–Kier alpha value is -2.21. The minimum absolute atomic E-state index is 0.0141. The van der Waals surface area contributed by atoms with Gasteiger partial charge in [0.2, 0.25) is 5.91 Å². The van der Waals surface area contributed by atoms with E-state index >= 15 is 0 Å². The highest BCUT2D eigenvalue weighted by Gasteiger charge is 2.30. The van der Waals surface area contributed by atoms with Crippen molar-refractivity contribution in [3.05, 3.63) is 82.3 Å². The molecule has 2 unspecified atom stereocenters. The lowest BCUT2D eigenvalue weighted by molar-refractivity contribution is -0.123. The normalized spacial score (nSPS) is 19.6. The zero-order valence-electron chi connectivity index (χ0n) is 14.2. The average Bonchev–Trinajstić information content (AvgIpc) is 3.16. The third-order valence-corrected chi connectivity index (χ3v) is 5.27. The molecule has 1 aliphatic rings. The summed E-state index contributed by atoms with van der Waals surface area (Å²) in [4.78, 5) is 12.5. The molecule has 3 aromatic carbocycles. The highest BCUT2D eigenvalue weighted by molar-refractivity contribution is 9.10. The molecule has 5 heteroatoms. The van der Waals surface area contributed by atoms with Gasteiger partial charge in [-0.25, -0.2) is 10.9 Å². The SMILES string of the molecule is O=C(NCc1cccc(Br)c1)C1CC(c2cccc3ccccc23)NN1. The Morgan fingerprint density at radius 3 is 2.73 bits per heavy atom. The van der Waals surface area contributed by atoms with Crippen molar-refractivity contribution in [2.24, 2.45) is 0 Å². The Labute approximate surface area is 161 Å². The lowest BCUT2D eigenvalue weighted by Crippen LogP contribution is -2.42. The van der Waals surface area contributed by atoms with Gasteiger partial charge >= 0.3 is 0 Å². The van der Waals surface area contributed by atoms with E-state index in [1.807, 2.05) is 30.3 Å². The van der Waals surface area contributed by atoms with Gasteiger partial charge in [-0.1, -0.05) is 70.5 Å². The van der Waals surface area contributed by atoms with Gasteiger partial charge in [0.25, 0.3) is 0 Å². The largest absolute Gasteiger partial charge is 0.351 e. The van der Waals surface area contributed by atoms with Gasteiger partial charge in [-0.15, -0.1) is 0 Å². The van der Waals surface area contributed by atoms with Crippen molar-refractivity contribution in [1.29, 1.82) is 0 Å². The van der Waals surface area contributed by atoms with Crippen LogP contribution in [0.15, 0.2) is 71.2 Å². The van der Waals surface area contributed by atoms with Crippen LogP contribution in [-0.2, 0) is 11.3 Å². The number of carbonyl (C=O) groups is 1. The molecule has 1 amide bonds. The third-order valence-electron chi connectivity index (χ3n) is 4.77. The monoisotopic (exact) mass is 409 g/mol. The molecule has 1 fully saturated rings. The maximum absolute atomic E-state index is 12.5. The van der Waals surface area contributed by atoms with Crippen molar-refractivity contribution in [2.45, 2.75) is 25.0 Å². The number of hydrogen-bond acceptors (Lipinski definition) is 3. The van der Waals surface area contributed by atoms with Crippen LogP contribution in [0.2, 0.25) is 0 Å². The molecule has 1 heterocycles. The number of carbonyl (C=O) groups excluding carboxylic acids is 1. The van der Waals surface area contributed by atoms with E-state index in [4.69, 9.17) is 0 Å². The van der Waals surface area contributed by atoms with Gasteiger partial charge in [0, 0.05) is 17.1 Å². The molecule has 0 saturated carbocycles. The molecule has 0 spiro atoms. The van der Waals surface area contributed by atoms with E-state index in [1.54, 1.807) is 0 Å². The Balaban J connectivity index is 1.42. The van der Waals surface area contributed by atoms with Crippen LogP contribution >= 0.6 is 15.9 Å². The van der Waals surface area contributed by atoms with E-state index in [-0.39, 0.29) is 18.0 Å². The molecule has 1 saturated heterocycles. The van der Waals surface area contributed by atoms with Crippen LogP contribution in [0.1, 0.15) is 23.6 Å². The van der Waals surface area contributed by atoms with Gasteiger partial charge in [0.05, 0.1) is 0 Å². The summed E-state index contributed by atoms with van der Waals surface area (Å²) in [7, 11) is 0. The van der Waals surface area contributed by atoms with Crippen molar-refractivity contribution in [1.82, 2.24) is 16.2 Å². The van der Waals surface area contributed by atoms with Crippen molar-refractivity contribution in [3.63, 3.8) is 0 Å². The molecule has 26 heavy (non-hydrogen) atoms. The number of hydrogen-bond donors (Lipinski definition) is 3. The smallest absolute Gasteiger partial charge is 0.238 e. The molecule has 1 aliphatic heterocycles. The predicted octanol–water partition coefficient (Wildman–Crippen LogP) is 3.83. The first-order chi connectivity index (χ1) is 12.7. The maximum Gasteiger partial charge on any atom is 0.238 e. The van der Waals surface area contributed by atoms with Crippen molar-refractivity contribution in [3.8, 4) is 0 Å². The molecule has 0 aromatic heterocycles. The molecule has 0 radical (unpaired) electrons. The highest BCUT2D eigenvalue weighted by atomic mass is 79.9. The van der Waals surface area contributed by atoms with Crippen LogP contribution < -0.4 is 16.2 Å². The lowest BCUT2D eigenvalue weighted by Gasteiger charge is -2.13. The molecule has 4 rings (SSSR count). The zero-order chi connectivity index (χ0) is 17.9.